The van der Waals surface area contributed by atoms with E-state index in [-0.39, 0.29) is 31.6 Å². The maximum Gasteiger partial charge on any atom is 0.246 e. The van der Waals surface area contributed by atoms with E-state index in [4.69, 9.17) is 0 Å². The molecule has 8 unspecified atom stereocenters. The summed E-state index contributed by atoms with van der Waals surface area (Å²) in [5.41, 5.74) is -0.115. The number of nitrogens with zero attached hydrogens (tertiary/aromatic N) is 1. The number of ketones is 1. The van der Waals surface area contributed by atoms with Crippen LogP contribution in [-0.2, 0) is 40.0 Å². The fraction of sp³-hybridized carbons (Fsp3) is 0.571. The monoisotopic (exact) mass is 772 g/mol. The molecule has 10 N–H and O–H groups in total. The number of aromatic nitrogens is 1. The Morgan fingerprint density at radius 2 is 1.65 bits per heavy atom. The fourth-order valence-electron chi connectivity index (χ4n) is 6.76. The number of carbonyl (C=O) groups is 7. The lowest BCUT2D eigenvalue weighted by atomic mass is 9.97. The summed E-state index contributed by atoms with van der Waals surface area (Å²) in [7, 11) is 0. The van der Waals surface area contributed by atoms with Gasteiger partial charge in [-0.1, -0.05) is 18.2 Å². The summed E-state index contributed by atoms with van der Waals surface area (Å²) in [5, 5.41) is 48.7. The molecule has 0 radical (unpaired) electrons. The number of thioether (sulfide) groups is 1. The van der Waals surface area contributed by atoms with Gasteiger partial charge in [0.05, 0.1) is 48.0 Å². The van der Waals surface area contributed by atoms with Crippen LogP contribution in [-0.4, -0.2) is 146 Å². The maximum absolute atomic E-state index is 14.3. The summed E-state index contributed by atoms with van der Waals surface area (Å²) in [6, 6.07) is -0.616. The van der Waals surface area contributed by atoms with Gasteiger partial charge >= 0.3 is 0 Å². The van der Waals surface area contributed by atoms with Crippen molar-refractivity contribution in [2.45, 2.75) is 106 Å². The van der Waals surface area contributed by atoms with E-state index < -0.39 is 108 Å². The van der Waals surface area contributed by atoms with E-state index in [1.165, 1.54) is 27.7 Å². The van der Waals surface area contributed by atoms with E-state index in [2.05, 4.69) is 36.9 Å². The number of amides is 6. The quantitative estimate of drug-likeness (QED) is 0.149. The first kappa shape index (κ1) is 40.6. The first-order chi connectivity index (χ1) is 25.4. The average molecular weight is 773 g/mol. The van der Waals surface area contributed by atoms with Crippen molar-refractivity contribution in [1.82, 2.24) is 41.8 Å². The Bertz CT molecular complexity index is 1790. The number of H-pyrrole nitrogens is 1. The minimum absolute atomic E-state index is 0.0552. The molecule has 0 saturated carbocycles. The SMILES string of the molecule is CC1NC(=O)C(CC(C)(C)O)NCC(=O)C2Cc3c([nH]c4ccccc34)SCC(NC(=O)C(C(C)O)NC1=O)C(=O)N1CC(O)CC1C(=O)NCC(=O)N2. The molecule has 1 saturated heterocycles. The number of benzene rings is 1. The molecular weight excluding hydrogens is 724 g/mol. The minimum atomic E-state index is -1.60. The van der Waals surface area contributed by atoms with Crippen LogP contribution in [0.15, 0.2) is 29.3 Å². The molecule has 6 amide bonds. The number of para-hydroxylation sites is 1. The molecule has 294 valence electrons. The lowest BCUT2D eigenvalue weighted by Crippen LogP contribution is -2.61. The molecule has 8 atom stereocenters. The molecule has 3 aliphatic rings. The molecule has 0 spiro atoms. The second-order valence-electron chi connectivity index (χ2n) is 14.7. The molecular formula is C35H48N8O10S. The number of aliphatic hydroxyl groups is 3. The zero-order valence-corrected chi connectivity index (χ0v) is 31.2. The fourth-order valence-corrected chi connectivity index (χ4v) is 7.87. The van der Waals surface area contributed by atoms with Crippen LogP contribution >= 0.6 is 11.8 Å². The number of aliphatic hydroxyl groups excluding tert-OH is 2. The Morgan fingerprint density at radius 3 is 2.35 bits per heavy atom. The van der Waals surface area contributed by atoms with Crippen molar-refractivity contribution in [2.24, 2.45) is 0 Å². The lowest BCUT2D eigenvalue weighted by molar-refractivity contribution is -0.142. The lowest BCUT2D eigenvalue weighted by Gasteiger charge is -2.30. The van der Waals surface area contributed by atoms with Crippen LogP contribution < -0.4 is 31.9 Å². The molecule has 18 nitrogen and oxygen atoms in total. The highest BCUT2D eigenvalue weighted by Crippen LogP contribution is 2.32. The van der Waals surface area contributed by atoms with Crippen LogP contribution in [0.3, 0.4) is 0 Å². The van der Waals surface area contributed by atoms with E-state index in [9.17, 15) is 48.9 Å². The smallest absolute Gasteiger partial charge is 0.246 e. The highest BCUT2D eigenvalue weighted by Gasteiger charge is 2.43. The van der Waals surface area contributed by atoms with Crippen molar-refractivity contribution in [3.63, 3.8) is 0 Å². The summed E-state index contributed by atoms with van der Waals surface area (Å²) in [5.74, 6) is -5.42. The van der Waals surface area contributed by atoms with Crippen molar-refractivity contribution < 1.29 is 48.9 Å². The Labute approximate surface area is 315 Å². The van der Waals surface area contributed by atoms with Gasteiger partial charge in [0.15, 0.2) is 5.78 Å². The number of hydrogen-bond donors (Lipinski definition) is 10. The number of aromatic amines is 1. The summed E-state index contributed by atoms with van der Waals surface area (Å²) in [6.07, 6.45) is -2.95. The van der Waals surface area contributed by atoms with Gasteiger partial charge in [0.1, 0.15) is 24.2 Å². The zero-order valence-electron chi connectivity index (χ0n) is 30.4. The largest absolute Gasteiger partial charge is 0.391 e. The Morgan fingerprint density at radius 1 is 0.926 bits per heavy atom. The first-order valence-electron chi connectivity index (χ1n) is 17.8. The van der Waals surface area contributed by atoms with E-state index >= 15 is 0 Å². The van der Waals surface area contributed by atoms with Gasteiger partial charge in [0.2, 0.25) is 35.4 Å². The standard InChI is InChI=1S/C35H48N8O10S/c1-16-29(48)42-28(17(2)44)32(51)40-24-15-54-33-20(19-7-5-6-8-21(19)41-33)10-22(26(46)12-36-23(30(49)38-16)11-35(3,4)53)39-27(47)13-37-31(50)25-9-18(45)14-43(25)34(24)52/h5-8,16-18,22-25,28,36,41,44-45,53H,9-15H2,1-4H3,(H,37,50)(H,38,49)(H,39,47)(H,40,51)(H,42,48). The van der Waals surface area contributed by atoms with Gasteiger partial charge in [0, 0.05) is 36.0 Å². The summed E-state index contributed by atoms with van der Waals surface area (Å²) in [6.45, 7) is 4.26. The van der Waals surface area contributed by atoms with Crippen LogP contribution in [0.2, 0.25) is 0 Å². The van der Waals surface area contributed by atoms with Gasteiger partial charge in [-0.15, -0.1) is 11.8 Å². The minimum Gasteiger partial charge on any atom is -0.391 e. The molecule has 2 bridgehead atoms. The third kappa shape index (κ3) is 9.75. The molecule has 2 aromatic rings. The average Bonchev–Trinajstić information content (AvgIpc) is 3.67. The van der Waals surface area contributed by atoms with Gasteiger partial charge in [-0.3, -0.25) is 38.9 Å². The van der Waals surface area contributed by atoms with Gasteiger partial charge < -0.3 is 51.8 Å². The topological polar surface area (TPSA) is 271 Å². The Kier molecular flexibility index (Phi) is 12.7. The summed E-state index contributed by atoms with van der Waals surface area (Å²) >= 11 is 1.13. The van der Waals surface area contributed by atoms with E-state index in [0.29, 0.717) is 21.5 Å². The predicted molar refractivity (Wildman–Crippen MR) is 195 cm³/mol. The molecule has 3 aliphatic heterocycles. The van der Waals surface area contributed by atoms with Gasteiger partial charge in [0.25, 0.3) is 0 Å². The van der Waals surface area contributed by atoms with Crippen LogP contribution in [0.5, 0.6) is 0 Å². The van der Waals surface area contributed by atoms with Crippen LogP contribution in [0.25, 0.3) is 10.9 Å². The first-order valence-corrected chi connectivity index (χ1v) is 18.8. The highest BCUT2D eigenvalue weighted by atomic mass is 32.2. The van der Waals surface area contributed by atoms with Gasteiger partial charge in [-0.2, -0.15) is 0 Å². The number of carbonyl (C=O) groups excluding carboxylic acids is 7. The van der Waals surface area contributed by atoms with Crippen molar-refractivity contribution in [1.29, 1.82) is 0 Å². The number of rotatable bonds is 3. The second kappa shape index (κ2) is 16.8. The molecule has 0 aliphatic carbocycles. The molecule has 1 aromatic carbocycles. The number of fused-ring (bicyclic) bond motifs is 5. The summed E-state index contributed by atoms with van der Waals surface area (Å²) < 4.78 is 0. The second-order valence-corrected chi connectivity index (χ2v) is 15.7. The predicted octanol–water partition coefficient (Wildman–Crippen LogP) is -3.06. The van der Waals surface area contributed by atoms with Crippen molar-refractivity contribution >= 4 is 63.9 Å². The van der Waals surface area contributed by atoms with Crippen molar-refractivity contribution in [3.05, 3.63) is 29.8 Å². The third-order valence-corrected chi connectivity index (χ3v) is 10.7. The highest BCUT2D eigenvalue weighted by molar-refractivity contribution is 7.99. The van der Waals surface area contributed by atoms with Crippen molar-refractivity contribution in [3.8, 4) is 0 Å². The Hall–Kier alpha value is -4.56. The normalized spacial score (nSPS) is 29.2. The Balaban J connectivity index is 1.64. The van der Waals surface area contributed by atoms with E-state index in [1.54, 1.807) is 12.1 Å². The molecule has 4 heterocycles. The van der Waals surface area contributed by atoms with E-state index in [0.717, 1.165) is 16.7 Å². The van der Waals surface area contributed by atoms with Crippen LogP contribution in [0.4, 0.5) is 0 Å². The zero-order chi connectivity index (χ0) is 39.5. The molecule has 19 heteroatoms. The third-order valence-electron chi connectivity index (χ3n) is 9.56. The number of Topliss-reactive ketones (excluding diaryl/α,β-unsaturated/α-hetero) is 1. The van der Waals surface area contributed by atoms with Crippen molar-refractivity contribution in [2.75, 3.05) is 25.4 Å². The molecule has 5 rings (SSSR count). The van der Waals surface area contributed by atoms with Crippen LogP contribution in [0, 0.1) is 0 Å². The molecule has 1 aromatic heterocycles. The van der Waals surface area contributed by atoms with Gasteiger partial charge in [-0.05, 0) is 45.7 Å². The maximum atomic E-state index is 14.3. The van der Waals surface area contributed by atoms with Gasteiger partial charge in [-0.25, -0.2) is 0 Å². The summed E-state index contributed by atoms with van der Waals surface area (Å²) in [4.78, 5) is 100. The molecule has 54 heavy (non-hydrogen) atoms. The number of hydrogen-bond acceptors (Lipinski definition) is 12. The number of nitrogens with one attached hydrogen (secondary N) is 7. The molecule has 1 fully saturated rings. The van der Waals surface area contributed by atoms with Crippen LogP contribution in [0.1, 0.15) is 46.1 Å². The van der Waals surface area contributed by atoms with E-state index in [1.807, 2.05) is 12.1 Å².